The van der Waals surface area contributed by atoms with Crippen LogP contribution in [0, 0.1) is 0 Å². The Morgan fingerprint density at radius 2 is 1.73 bits per heavy atom. The number of H-pyrrole nitrogens is 1. The molecule has 2 fully saturated rings. The molecule has 0 aliphatic carbocycles. The highest BCUT2D eigenvalue weighted by Gasteiger charge is 2.23. The monoisotopic (exact) mass is 558 g/mol. The highest BCUT2D eigenvalue weighted by atomic mass is 16.5. The van der Waals surface area contributed by atoms with Crippen molar-refractivity contribution in [3.8, 4) is 5.75 Å². The Bertz CT molecular complexity index is 1530. The fourth-order valence-corrected chi connectivity index (χ4v) is 5.32. The van der Waals surface area contributed by atoms with Gasteiger partial charge in [-0.25, -0.2) is 4.98 Å². The molecule has 0 bridgehead atoms. The summed E-state index contributed by atoms with van der Waals surface area (Å²) in [4.78, 5) is 33.8. The Hall–Kier alpha value is -4.42. The van der Waals surface area contributed by atoms with Crippen LogP contribution >= 0.6 is 0 Å². The summed E-state index contributed by atoms with van der Waals surface area (Å²) in [5, 5.41) is 26.2. The van der Waals surface area contributed by atoms with Crippen LogP contribution in [0.5, 0.6) is 5.75 Å². The van der Waals surface area contributed by atoms with Gasteiger partial charge < -0.3 is 40.4 Å². The average molecular weight is 559 g/mol. The molecule has 0 unspecified atom stereocenters. The van der Waals surface area contributed by atoms with E-state index in [1.54, 1.807) is 30.5 Å². The van der Waals surface area contributed by atoms with Gasteiger partial charge in [0.1, 0.15) is 11.3 Å². The summed E-state index contributed by atoms with van der Waals surface area (Å²) in [6, 6.07) is 13.2. The van der Waals surface area contributed by atoms with Crippen molar-refractivity contribution in [1.29, 1.82) is 0 Å². The number of imidazole rings is 1. The number of aliphatic hydroxyl groups is 2. The number of aromatic nitrogens is 4. The van der Waals surface area contributed by atoms with Gasteiger partial charge in [-0.1, -0.05) is 6.07 Å². The van der Waals surface area contributed by atoms with E-state index in [0.29, 0.717) is 71.5 Å². The number of hydrogen-bond acceptors (Lipinski definition) is 10. The lowest BCUT2D eigenvalue weighted by Gasteiger charge is -2.31. The maximum absolute atomic E-state index is 13.1. The van der Waals surface area contributed by atoms with Crippen LogP contribution in [0.2, 0.25) is 0 Å². The number of methoxy groups -OCH3 is 1. The van der Waals surface area contributed by atoms with Crippen molar-refractivity contribution in [3.05, 3.63) is 54.4 Å². The maximum atomic E-state index is 13.1. The summed E-state index contributed by atoms with van der Waals surface area (Å²) >= 11 is 0. The van der Waals surface area contributed by atoms with E-state index in [2.05, 4.69) is 30.5 Å². The molecule has 12 nitrogen and oxygen atoms in total. The minimum Gasteiger partial charge on any atom is -0.494 e. The van der Waals surface area contributed by atoms with E-state index >= 15 is 0 Å². The minimum absolute atomic E-state index is 0.0615. The van der Waals surface area contributed by atoms with Gasteiger partial charge in [-0.3, -0.25) is 4.79 Å². The molecular weight excluding hydrogens is 524 g/mol. The molecular formula is C29H34N8O4. The molecule has 4 aromatic rings. The van der Waals surface area contributed by atoms with E-state index in [4.69, 9.17) is 9.72 Å². The maximum Gasteiger partial charge on any atom is 0.253 e. The van der Waals surface area contributed by atoms with Crippen molar-refractivity contribution >= 4 is 45.9 Å². The van der Waals surface area contributed by atoms with Crippen molar-refractivity contribution in [2.45, 2.75) is 37.9 Å². The first kappa shape index (κ1) is 26.8. The molecule has 12 heteroatoms. The number of fused-ring (bicyclic) bond motifs is 1. The number of nitrogens with one attached hydrogen (secondary N) is 3. The Labute approximate surface area is 237 Å². The van der Waals surface area contributed by atoms with Crippen LogP contribution in [-0.4, -0.2) is 86.5 Å². The van der Waals surface area contributed by atoms with Gasteiger partial charge in [0.05, 0.1) is 31.3 Å². The Morgan fingerprint density at radius 1 is 0.976 bits per heavy atom. The van der Waals surface area contributed by atoms with Gasteiger partial charge in [-0.15, -0.1) is 0 Å². The van der Waals surface area contributed by atoms with Crippen LogP contribution in [0.25, 0.3) is 11.2 Å². The number of benzene rings is 2. The fourth-order valence-electron chi connectivity index (χ4n) is 5.32. The number of hydrogen-bond donors (Lipinski definition) is 5. The van der Waals surface area contributed by atoms with E-state index in [1.807, 2.05) is 30.3 Å². The van der Waals surface area contributed by atoms with Gasteiger partial charge in [0.25, 0.3) is 5.91 Å². The van der Waals surface area contributed by atoms with Crippen molar-refractivity contribution in [2.75, 3.05) is 48.8 Å². The van der Waals surface area contributed by atoms with Gasteiger partial charge in [-0.2, -0.15) is 9.97 Å². The lowest BCUT2D eigenvalue weighted by molar-refractivity contribution is 0.0546. The predicted octanol–water partition coefficient (Wildman–Crippen LogP) is 3.41. The number of carbonyl (C=O) groups is 1. The largest absolute Gasteiger partial charge is 0.494 e. The van der Waals surface area contributed by atoms with Crippen LogP contribution in [0.15, 0.2) is 48.8 Å². The van der Waals surface area contributed by atoms with Crippen LogP contribution in [0.1, 0.15) is 36.0 Å². The van der Waals surface area contributed by atoms with Crippen LogP contribution in [0.3, 0.4) is 0 Å². The summed E-state index contributed by atoms with van der Waals surface area (Å²) in [6.07, 6.45) is 3.65. The minimum atomic E-state index is -0.341. The third kappa shape index (κ3) is 5.88. The van der Waals surface area contributed by atoms with Crippen molar-refractivity contribution < 1.29 is 19.7 Å². The second-order valence-corrected chi connectivity index (χ2v) is 10.5. The first-order valence-corrected chi connectivity index (χ1v) is 13.9. The van der Waals surface area contributed by atoms with Gasteiger partial charge >= 0.3 is 0 Å². The topological polar surface area (TPSA) is 152 Å². The van der Waals surface area contributed by atoms with E-state index in [9.17, 15) is 15.0 Å². The molecule has 0 saturated carbocycles. The summed E-state index contributed by atoms with van der Waals surface area (Å²) < 4.78 is 5.68. The van der Waals surface area contributed by atoms with Crippen molar-refractivity contribution in [1.82, 2.24) is 24.8 Å². The normalized spacial score (nSPS) is 16.7. The molecule has 1 amide bonds. The molecule has 41 heavy (non-hydrogen) atoms. The number of amides is 1. The Morgan fingerprint density at radius 3 is 2.49 bits per heavy atom. The van der Waals surface area contributed by atoms with E-state index in [0.717, 1.165) is 31.6 Å². The van der Waals surface area contributed by atoms with E-state index in [1.165, 1.54) is 0 Å². The second-order valence-electron chi connectivity index (χ2n) is 10.5. The van der Waals surface area contributed by atoms with Crippen molar-refractivity contribution in [2.24, 2.45) is 0 Å². The summed E-state index contributed by atoms with van der Waals surface area (Å²) in [7, 11) is 1.62. The number of nitrogens with zero attached hydrogens (tertiary/aromatic N) is 5. The fraction of sp³-hybridized carbons (Fsp3) is 0.379. The quantitative estimate of drug-likeness (QED) is 0.228. The smallest absolute Gasteiger partial charge is 0.253 e. The number of anilines is 5. The SMILES string of the molecule is COc1cc(N2CCC(O)CC2)ccc1Nc1nc(Nc2cccc(C(=O)N3CCC(O)CC3)c2)c2[nH]cnc2n1. The Balaban J connectivity index is 1.23. The number of ether oxygens (including phenoxy) is 1. The zero-order valence-electron chi connectivity index (χ0n) is 22.9. The molecule has 214 valence electrons. The van der Waals surface area contributed by atoms with Crippen LogP contribution in [-0.2, 0) is 0 Å². The van der Waals surface area contributed by atoms with Crippen molar-refractivity contribution in [3.63, 3.8) is 0 Å². The molecule has 2 aromatic carbocycles. The number of likely N-dealkylation sites (tertiary alicyclic amines) is 1. The predicted molar refractivity (Wildman–Crippen MR) is 156 cm³/mol. The zero-order valence-corrected chi connectivity index (χ0v) is 22.9. The lowest BCUT2D eigenvalue weighted by Crippen LogP contribution is -2.40. The molecule has 0 atom stereocenters. The van der Waals surface area contributed by atoms with Crippen LogP contribution < -0.4 is 20.3 Å². The van der Waals surface area contributed by atoms with Gasteiger partial charge in [0.2, 0.25) is 5.95 Å². The lowest BCUT2D eigenvalue weighted by atomic mass is 10.1. The zero-order chi connectivity index (χ0) is 28.3. The molecule has 0 spiro atoms. The summed E-state index contributed by atoms with van der Waals surface area (Å²) in [5.41, 5.74) is 4.10. The number of aliphatic hydroxyl groups excluding tert-OH is 2. The first-order valence-electron chi connectivity index (χ1n) is 13.9. The molecule has 2 aliphatic heterocycles. The second kappa shape index (κ2) is 11.6. The molecule has 2 aliphatic rings. The first-order chi connectivity index (χ1) is 20.0. The summed E-state index contributed by atoms with van der Waals surface area (Å²) in [5.74, 6) is 1.42. The van der Waals surface area contributed by atoms with Gasteiger partial charge in [0, 0.05) is 49.2 Å². The van der Waals surface area contributed by atoms with E-state index < -0.39 is 0 Å². The van der Waals surface area contributed by atoms with Crippen LogP contribution in [0.4, 0.5) is 28.8 Å². The molecule has 2 saturated heterocycles. The standard InChI is InChI=1S/C29H34N8O4/c1-41-24-16-20(36-11-7-21(38)8-12-36)5-6-23(24)33-29-34-26-25(30-17-31-26)27(35-29)32-19-4-2-3-18(15-19)28(40)37-13-9-22(39)10-14-37/h2-6,15-17,21-22,38-39H,7-14H2,1H3,(H3,30,31,32,33,34,35). The average Bonchev–Trinajstić information content (AvgIpc) is 3.47. The Kier molecular flexibility index (Phi) is 7.57. The molecule has 2 aromatic heterocycles. The van der Waals surface area contributed by atoms with E-state index in [-0.39, 0.29) is 18.1 Å². The number of carbonyl (C=O) groups excluding carboxylic acids is 1. The number of piperidine rings is 2. The highest BCUT2D eigenvalue weighted by Crippen LogP contribution is 2.33. The molecule has 5 N–H and O–H groups in total. The highest BCUT2D eigenvalue weighted by molar-refractivity contribution is 5.96. The molecule has 4 heterocycles. The van der Waals surface area contributed by atoms with Gasteiger partial charge in [0.15, 0.2) is 11.5 Å². The number of aromatic amines is 1. The summed E-state index contributed by atoms with van der Waals surface area (Å²) in [6.45, 7) is 2.66. The molecule has 6 rings (SSSR count). The van der Waals surface area contributed by atoms with Gasteiger partial charge in [-0.05, 0) is 56.0 Å². The molecule has 0 radical (unpaired) electrons. The third-order valence-corrected chi connectivity index (χ3v) is 7.67. The number of rotatable bonds is 7. The third-order valence-electron chi connectivity index (χ3n) is 7.67.